The molecule has 0 bridgehead atoms. The molecule has 2 N–H and O–H groups in total. The summed E-state index contributed by atoms with van der Waals surface area (Å²) in [6.45, 7) is 0. The second-order valence-electron chi connectivity index (χ2n) is 4.62. The van der Waals surface area contributed by atoms with Gasteiger partial charge in [-0.2, -0.15) is 0 Å². The fourth-order valence-electron chi connectivity index (χ4n) is 2.23. The summed E-state index contributed by atoms with van der Waals surface area (Å²) < 4.78 is 0. The van der Waals surface area contributed by atoms with E-state index in [1.807, 2.05) is 42.5 Å². The first-order valence-electron chi connectivity index (χ1n) is 6.24. The van der Waals surface area contributed by atoms with Crippen LogP contribution in [0.3, 0.4) is 0 Å². The number of carbonyl (C=O) groups excluding carboxylic acids is 1. The van der Waals surface area contributed by atoms with Gasteiger partial charge in [0, 0.05) is 21.8 Å². The highest BCUT2D eigenvalue weighted by Crippen LogP contribution is 2.23. The minimum absolute atomic E-state index is 0.0927. The van der Waals surface area contributed by atoms with E-state index in [9.17, 15) is 4.79 Å². The lowest BCUT2D eigenvalue weighted by Crippen LogP contribution is -2.05. The Morgan fingerprint density at radius 3 is 2.40 bits per heavy atom. The Bertz CT molecular complexity index is 811. The Balaban J connectivity index is 2.08. The zero-order valence-corrected chi connectivity index (χ0v) is 11.4. The first-order chi connectivity index (χ1) is 9.65. The van der Waals surface area contributed by atoms with Crippen LogP contribution in [0, 0.1) is 0 Å². The van der Waals surface area contributed by atoms with E-state index in [1.165, 1.54) is 0 Å². The van der Waals surface area contributed by atoms with Gasteiger partial charge >= 0.3 is 0 Å². The van der Waals surface area contributed by atoms with Gasteiger partial charge in [0.05, 0.1) is 0 Å². The highest BCUT2D eigenvalue weighted by atomic mass is 35.5. The lowest BCUT2D eigenvalue weighted by atomic mass is 9.99. The van der Waals surface area contributed by atoms with E-state index in [2.05, 4.69) is 0 Å². The molecule has 0 heterocycles. The van der Waals surface area contributed by atoms with Crippen LogP contribution in [0.5, 0.6) is 0 Å². The van der Waals surface area contributed by atoms with Crippen molar-refractivity contribution < 1.29 is 4.79 Å². The van der Waals surface area contributed by atoms with Crippen molar-refractivity contribution >= 4 is 33.8 Å². The molecule has 0 unspecified atom stereocenters. The molecule has 3 aromatic rings. The highest BCUT2D eigenvalue weighted by molar-refractivity contribution is 6.31. The van der Waals surface area contributed by atoms with Crippen LogP contribution in [-0.4, -0.2) is 5.78 Å². The number of rotatable bonds is 2. The van der Waals surface area contributed by atoms with Crippen molar-refractivity contribution in [2.24, 2.45) is 0 Å². The van der Waals surface area contributed by atoms with Gasteiger partial charge in [-0.3, -0.25) is 4.79 Å². The van der Waals surface area contributed by atoms with Crippen LogP contribution in [-0.2, 0) is 0 Å². The van der Waals surface area contributed by atoms with Gasteiger partial charge < -0.3 is 5.73 Å². The number of hydrogen-bond donors (Lipinski definition) is 1. The van der Waals surface area contributed by atoms with Crippen molar-refractivity contribution in [3.8, 4) is 0 Å². The predicted octanol–water partition coefficient (Wildman–Crippen LogP) is 4.31. The molecular formula is C17H12ClNO. The molecule has 3 rings (SSSR count). The molecule has 0 radical (unpaired) electrons. The minimum atomic E-state index is -0.0927. The number of fused-ring (bicyclic) bond motifs is 1. The summed E-state index contributed by atoms with van der Waals surface area (Å²) >= 11 is 5.85. The zero-order chi connectivity index (χ0) is 14.1. The largest absolute Gasteiger partial charge is 0.398 e. The SMILES string of the molecule is Nc1cc(Cl)ccc1C(=O)c1ccc2ccccc2c1. The van der Waals surface area contributed by atoms with Crippen molar-refractivity contribution in [3.05, 3.63) is 76.8 Å². The van der Waals surface area contributed by atoms with Crippen molar-refractivity contribution in [2.75, 3.05) is 5.73 Å². The fourth-order valence-corrected chi connectivity index (χ4v) is 2.41. The normalized spacial score (nSPS) is 10.7. The second-order valence-corrected chi connectivity index (χ2v) is 5.06. The smallest absolute Gasteiger partial charge is 0.195 e. The average molecular weight is 282 g/mol. The quantitative estimate of drug-likeness (QED) is 0.562. The molecule has 0 atom stereocenters. The van der Waals surface area contributed by atoms with E-state index in [1.54, 1.807) is 18.2 Å². The molecule has 0 amide bonds. The number of nitrogen functional groups attached to an aromatic ring is 1. The molecule has 0 aliphatic heterocycles. The molecule has 0 aromatic heterocycles. The standard InChI is InChI=1S/C17H12ClNO/c18-14-7-8-15(16(19)10-14)17(20)13-6-5-11-3-1-2-4-12(11)9-13/h1-10H,19H2. The molecule has 20 heavy (non-hydrogen) atoms. The van der Waals surface area contributed by atoms with Crippen molar-refractivity contribution in [2.45, 2.75) is 0 Å². The first-order valence-corrected chi connectivity index (χ1v) is 6.61. The van der Waals surface area contributed by atoms with E-state index in [0.717, 1.165) is 10.8 Å². The molecule has 2 nitrogen and oxygen atoms in total. The average Bonchev–Trinajstić information content (AvgIpc) is 2.46. The molecule has 3 aromatic carbocycles. The van der Waals surface area contributed by atoms with E-state index in [4.69, 9.17) is 17.3 Å². The number of carbonyl (C=O) groups is 1. The third kappa shape index (κ3) is 2.26. The van der Waals surface area contributed by atoms with Gasteiger partial charge in [-0.25, -0.2) is 0 Å². The summed E-state index contributed by atoms with van der Waals surface area (Å²) in [6, 6.07) is 18.5. The maximum atomic E-state index is 12.5. The second kappa shape index (κ2) is 4.99. The molecule has 0 spiro atoms. The monoisotopic (exact) mass is 281 g/mol. The Hall–Kier alpha value is -2.32. The maximum absolute atomic E-state index is 12.5. The van der Waals surface area contributed by atoms with Crippen LogP contribution in [0.2, 0.25) is 5.02 Å². The summed E-state index contributed by atoms with van der Waals surface area (Å²) in [5.74, 6) is -0.0927. The molecule has 0 fully saturated rings. The third-order valence-electron chi connectivity index (χ3n) is 3.27. The van der Waals surface area contributed by atoms with E-state index >= 15 is 0 Å². The number of hydrogen-bond acceptors (Lipinski definition) is 2. The number of nitrogens with two attached hydrogens (primary N) is 1. The first kappa shape index (κ1) is 12.7. The highest BCUT2D eigenvalue weighted by Gasteiger charge is 2.12. The van der Waals surface area contributed by atoms with Crippen molar-refractivity contribution in [1.82, 2.24) is 0 Å². The Kier molecular flexibility index (Phi) is 3.17. The topological polar surface area (TPSA) is 43.1 Å². The van der Waals surface area contributed by atoms with Crippen LogP contribution < -0.4 is 5.73 Å². The molecular weight excluding hydrogens is 270 g/mol. The van der Waals surface area contributed by atoms with Crippen molar-refractivity contribution in [3.63, 3.8) is 0 Å². The lowest BCUT2D eigenvalue weighted by Gasteiger charge is -2.06. The molecule has 0 aliphatic rings. The molecule has 0 saturated heterocycles. The van der Waals surface area contributed by atoms with Gasteiger partial charge in [-0.05, 0) is 35.0 Å². The van der Waals surface area contributed by atoms with Crippen LogP contribution in [0.4, 0.5) is 5.69 Å². The Labute approximate surface area is 121 Å². The fraction of sp³-hybridized carbons (Fsp3) is 0. The summed E-state index contributed by atoms with van der Waals surface area (Å²) in [6.07, 6.45) is 0. The predicted molar refractivity (Wildman–Crippen MR) is 83.2 cm³/mol. The molecule has 0 saturated carbocycles. The minimum Gasteiger partial charge on any atom is -0.398 e. The number of halogens is 1. The van der Waals surface area contributed by atoms with E-state index < -0.39 is 0 Å². The Morgan fingerprint density at radius 1 is 0.900 bits per heavy atom. The van der Waals surface area contributed by atoms with Gasteiger partial charge in [-0.15, -0.1) is 0 Å². The molecule has 98 valence electrons. The third-order valence-corrected chi connectivity index (χ3v) is 3.50. The van der Waals surface area contributed by atoms with Crippen molar-refractivity contribution in [1.29, 1.82) is 0 Å². The van der Waals surface area contributed by atoms with Gasteiger partial charge in [0.15, 0.2) is 5.78 Å². The van der Waals surface area contributed by atoms with Crippen LogP contribution in [0.25, 0.3) is 10.8 Å². The van der Waals surface area contributed by atoms with Gasteiger partial charge in [0.2, 0.25) is 0 Å². The summed E-state index contributed by atoms with van der Waals surface area (Å²) in [4.78, 5) is 12.5. The van der Waals surface area contributed by atoms with Gasteiger partial charge in [0.25, 0.3) is 0 Å². The van der Waals surface area contributed by atoms with Gasteiger partial charge in [0.1, 0.15) is 0 Å². The van der Waals surface area contributed by atoms with Gasteiger partial charge in [-0.1, -0.05) is 48.0 Å². The van der Waals surface area contributed by atoms with Crippen LogP contribution in [0.1, 0.15) is 15.9 Å². The number of benzene rings is 3. The summed E-state index contributed by atoms with van der Waals surface area (Å²) in [7, 11) is 0. The molecule has 0 aliphatic carbocycles. The van der Waals surface area contributed by atoms with Crippen LogP contribution in [0.15, 0.2) is 60.7 Å². The number of ketones is 1. The lowest BCUT2D eigenvalue weighted by molar-refractivity contribution is 0.103. The summed E-state index contributed by atoms with van der Waals surface area (Å²) in [5, 5.41) is 2.66. The Morgan fingerprint density at radius 2 is 1.65 bits per heavy atom. The van der Waals surface area contributed by atoms with Crippen LogP contribution >= 0.6 is 11.6 Å². The number of anilines is 1. The van der Waals surface area contributed by atoms with E-state index in [0.29, 0.717) is 21.8 Å². The van der Waals surface area contributed by atoms with E-state index in [-0.39, 0.29) is 5.78 Å². The molecule has 3 heteroatoms. The summed E-state index contributed by atoms with van der Waals surface area (Å²) in [5.41, 5.74) is 7.37. The zero-order valence-electron chi connectivity index (χ0n) is 10.6. The maximum Gasteiger partial charge on any atom is 0.195 e.